The largest absolute Gasteiger partial charge is 0.494 e. The Kier molecular flexibility index (Phi) is 4.99. The third kappa shape index (κ3) is 4.03. The zero-order valence-electron chi connectivity index (χ0n) is 10.1. The van der Waals surface area contributed by atoms with Crippen LogP contribution in [0, 0.1) is 0 Å². The summed E-state index contributed by atoms with van der Waals surface area (Å²) in [6.07, 6.45) is 1.82. The first-order valence-electron chi connectivity index (χ1n) is 5.48. The van der Waals surface area contributed by atoms with E-state index >= 15 is 0 Å². The van der Waals surface area contributed by atoms with Crippen LogP contribution in [-0.4, -0.2) is 37.9 Å². The van der Waals surface area contributed by atoms with Gasteiger partial charge < -0.3 is 9.64 Å². The Morgan fingerprint density at radius 2 is 1.94 bits per heavy atom. The van der Waals surface area contributed by atoms with Crippen LogP contribution in [0.4, 0.5) is 0 Å². The maximum absolute atomic E-state index is 10.4. The van der Waals surface area contributed by atoms with Gasteiger partial charge in [-0.05, 0) is 51.7 Å². The van der Waals surface area contributed by atoms with Crippen molar-refractivity contribution in [2.75, 3.05) is 20.7 Å². The second-order valence-corrected chi connectivity index (χ2v) is 4.14. The molecule has 0 aromatic heterocycles. The summed E-state index contributed by atoms with van der Waals surface area (Å²) in [5, 5.41) is 0. The van der Waals surface area contributed by atoms with E-state index in [0.29, 0.717) is 18.2 Å². The highest BCUT2D eigenvalue weighted by molar-refractivity contribution is 5.74. The van der Waals surface area contributed by atoms with Crippen LogP contribution in [0.2, 0.25) is 0 Å². The van der Waals surface area contributed by atoms with E-state index in [0.717, 1.165) is 18.5 Å². The normalized spacial score (nSPS) is 12.5. The lowest BCUT2D eigenvalue weighted by Gasteiger charge is -2.19. The summed E-state index contributed by atoms with van der Waals surface area (Å²) in [6, 6.07) is 7.68. The predicted molar refractivity (Wildman–Crippen MR) is 65.1 cm³/mol. The Labute approximate surface area is 97.0 Å². The minimum Gasteiger partial charge on any atom is -0.494 e. The van der Waals surface area contributed by atoms with E-state index in [1.165, 1.54) is 0 Å². The molecule has 1 aromatic rings. The first kappa shape index (κ1) is 12.7. The molecule has 16 heavy (non-hydrogen) atoms. The Hall–Kier alpha value is -1.35. The maximum Gasteiger partial charge on any atom is 0.150 e. The highest BCUT2D eigenvalue weighted by Crippen LogP contribution is 2.11. The van der Waals surface area contributed by atoms with Gasteiger partial charge in [-0.3, -0.25) is 4.79 Å². The van der Waals surface area contributed by atoms with Crippen LogP contribution < -0.4 is 4.74 Å². The molecule has 0 aliphatic heterocycles. The number of aldehydes is 1. The van der Waals surface area contributed by atoms with Crippen molar-refractivity contribution in [2.24, 2.45) is 0 Å². The number of rotatable bonds is 6. The Morgan fingerprint density at radius 3 is 2.44 bits per heavy atom. The van der Waals surface area contributed by atoms with E-state index in [-0.39, 0.29) is 0 Å². The minimum atomic E-state index is 0.509. The van der Waals surface area contributed by atoms with Crippen molar-refractivity contribution in [2.45, 2.75) is 19.4 Å². The molecule has 88 valence electrons. The summed E-state index contributed by atoms with van der Waals surface area (Å²) in [5.41, 5.74) is 0.675. The Morgan fingerprint density at radius 1 is 1.31 bits per heavy atom. The second kappa shape index (κ2) is 6.28. The summed E-state index contributed by atoms with van der Waals surface area (Å²) in [5.74, 6) is 0.816. The topological polar surface area (TPSA) is 29.5 Å². The van der Waals surface area contributed by atoms with Crippen LogP contribution in [0.5, 0.6) is 5.75 Å². The smallest absolute Gasteiger partial charge is 0.150 e. The summed E-state index contributed by atoms with van der Waals surface area (Å²) in [4.78, 5) is 12.6. The molecule has 0 saturated carbocycles. The summed E-state index contributed by atoms with van der Waals surface area (Å²) >= 11 is 0. The van der Waals surface area contributed by atoms with Crippen molar-refractivity contribution < 1.29 is 9.53 Å². The molecule has 0 amide bonds. The lowest BCUT2D eigenvalue weighted by atomic mass is 10.2. The van der Waals surface area contributed by atoms with Gasteiger partial charge in [-0.15, -0.1) is 0 Å². The lowest BCUT2D eigenvalue weighted by Crippen LogP contribution is -2.26. The average Bonchev–Trinajstić information content (AvgIpc) is 2.29. The molecule has 1 aromatic carbocycles. The van der Waals surface area contributed by atoms with Gasteiger partial charge in [0, 0.05) is 11.6 Å². The summed E-state index contributed by atoms with van der Waals surface area (Å²) < 4.78 is 5.58. The highest BCUT2D eigenvalue weighted by atomic mass is 16.5. The first-order valence-corrected chi connectivity index (χ1v) is 5.48. The maximum atomic E-state index is 10.4. The van der Waals surface area contributed by atoms with Crippen molar-refractivity contribution in [3.05, 3.63) is 29.8 Å². The lowest BCUT2D eigenvalue weighted by molar-refractivity contribution is 0.112. The van der Waals surface area contributed by atoms with Crippen LogP contribution in [0.25, 0.3) is 0 Å². The first-order chi connectivity index (χ1) is 7.63. The number of ether oxygens (including phenoxy) is 1. The van der Waals surface area contributed by atoms with Gasteiger partial charge in [0.1, 0.15) is 12.0 Å². The van der Waals surface area contributed by atoms with Gasteiger partial charge in [0.15, 0.2) is 0 Å². The van der Waals surface area contributed by atoms with Crippen LogP contribution in [-0.2, 0) is 0 Å². The van der Waals surface area contributed by atoms with E-state index in [1.807, 2.05) is 12.1 Å². The minimum absolute atomic E-state index is 0.509. The van der Waals surface area contributed by atoms with Gasteiger partial charge in [0.05, 0.1) is 6.61 Å². The van der Waals surface area contributed by atoms with Gasteiger partial charge in [0.2, 0.25) is 0 Å². The molecule has 3 heteroatoms. The second-order valence-electron chi connectivity index (χ2n) is 4.14. The van der Waals surface area contributed by atoms with Crippen LogP contribution >= 0.6 is 0 Å². The van der Waals surface area contributed by atoms with Crippen molar-refractivity contribution >= 4 is 6.29 Å². The standard InChI is InChI=1S/C13H19NO2/c1-11(14(2)3)8-9-16-13-6-4-12(10-15)5-7-13/h4-7,10-11H,8-9H2,1-3H3. The van der Waals surface area contributed by atoms with Crippen molar-refractivity contribution in [3.63, 3.8) is 0 Å². The molecule has 1 unspecified atom stereocenters. The van der Waals surface area contributed by atoms with Crippen molar-refractivity contribution in [1.82, 2.24) is 4.90 Å². The van der Waals surface area contributed by atoms with E-state index < -0.39 is 0 Å². The molecular weight excluding hydrogens is 202 g/mol. The number of hydrogen-bond donors (Lipinski definition) is 0. The third-order valence-electron chi connectivity index (χ3n) is 2.70. The summed E-state index contributed by atoms with van der Waals surface area (Å²) in [6.45, 7) is 2.86. The van der Waals surface area contributed by atoms with E-state index in [2.05, 4.69) is 25.9 Å². The van der Waals surface area contributed by atoms with Crippen LogP contribution in [0.15, 0.2) is 24.3 Å². The molecular formula is C13H19NO2. The van der Waals surface area contributed by atoms with Gasteiger partial charge in [-0.25, -0.2) is 0 Å². The molecule has 0 saturated heterocycles. The quantitative estimate of drug-likeness (QED) is 0.690. The molecule has 0 spiro atoms. The summed E-state index contributed by atoms with van der Waals surface area (Å²) in [7, 11) is 4.12. The number of carbonyl (C=O) groups excluding carboxylic acids is 1. The molecule has 0 fully saturated rings. The molecule has 0 bridgehead atoms. The number of carbonyl (C=O) groups is 1. The van der Waals surface area contributed by atoms with Gasteiger partial charge >= 0.3 is 0 Å². The van der Waals surface area contributed by atoms with Crippen molar-refractivity contribution in [1.29, 1.82) is 0 Å². The molecule has 0 heterocycles. The van der Waals surface area contributed by atoms with Crippen LogP contribution in [0.3, 0.4) is 0 Å². The van der Waals surface area contributed by atoms with Gasteiger partial charge in [-0.2, -0.15) is 0 Å². The molecule has 0 aliphatic carbocycles. The molecule has 1 atom stereocenters. The Balaban J connectivity index is 2.34. The SMILES string of the molecule is CC(CCOc1ccc(C=O)cc1)N(C)C. The monoisotopic (exact) mass is 221 g/mol. The number of nitrogens with zero attached hydrogens (tertiary/aromatic N) is 1. The van der Waals surface area contributed by atoms with E-state index in [9.17, 15) is 4.79 Å². The fourth-order valence-corrected chi connectivity index (χ4v) is 1.25. The van der Waals surface area contributed by atoms with E-state index in [4.69, 9.17) is 4.74 Å². The molecule has 1 rings (SSSR count). The van der Waals surface area contributed by atoms with Crippen molar-refractivity contribution in [3.8, 4) is 5.75 Å². The van der Waals surface area contributed by atoms with Gasteiger partial charge in [-0.1, -0.05) is 0 Å². The molecule has 0 radical (unpaired) electrons. The molecule has 0 N–H and O–H groups in total. The zero-order chi connectivity index (χ0) is 12.0. The third-order valence-corrected chi connectivity index (χ3v) is 2.70. The molecule has 0 aliphatic rings. The highest BCUT2D eigenvalue weighted by Gasteiger charge is 2.04. The molecule has 3 nitrogen and oxygen atoms in total. The number of benzene rings is 1. The predicted octanol–water partition coefficient (Wildman–Crippen LogP) is 2.22. The average molecular weight is 221 g/mol. The van der Waals surface area contributed by atoms with E-state index in [1.54, 1.807) is 12.1 Å². The number of hydrogen-bond acceptors (Lipinski definition) is 3. The Bertz CT molecular complexity index is 319. The zero-order valence-corrected chi connectivity index (χ0v) is 10.1. The van der Waals surface area contributed by atoms with Crippen LogP contribution in [0.1, 0.15) is 23.7 Å². The fraction of sp³-hybridized carbons (Fsp3) is 0.462. The fourth-order valence-electron chi connectivity index (χ4n) is 1.25. The van der Waals surface area contributed by atoms with Gasteiger partial charge in [0.25, 0.3) is 0 Å².